The summed E-state index contributed by atoms with van der Waals surface area (Å²) in [6, 6.07) is 10.6. The molecule has 0 atom stereocenters. The van der Waals surface area contributed by atoms with Gasteiger partial charge in [-0.05, 0) is 62.4 Å². The van der Waals surface area contributed by atoms with Crippen molar-refractivity contribution in [2.75, 3.05) is 45.3 Å². The summed E-state index contributed by atoms with van der Waals surface area (Å²) in [5.41, 5.74) is 2.82. The van der Waals surface area contributed by atoms with Gasteiger partial charge in [-0.15, -0.1) is 0 Å². The molecule has 3 aromatic heterocycles. The molecular weight excluding hydrogens is 506 g/mol. The first kappa shape index (κ1) is 27.6. The molecule has 0 radical (unpaired) electrons. The predicted molar refractivity (Wildman–Crippen MR) is 151 cm³/mol. The van der Waals surface area contributed by atoms with Gasteiger partial charge < -0.3 is 14.8 Å². The number of pyridine rings is 2. The first-order valence-electron chi connectivity index (χ1n) is 13.7. The number of rotatable bonds is 8. The molecule has 1 N–H and O–H groups in total. The van der Waals surface area contributed by atoms with Crippen LogP contribution in [0.3, 0.4) is 0 Å². The second-order valence-corrected chi connectivity index (χ2v) is 10.3. The van der Waals surface area contributed by atoms with Gasteiger partial charge in [0, 0.05) is 32.4 Å². The van der Waals surface area contributed by atoms with Crippen molar-refractivity contribution in [3.05, 3.63) is 71.4 Å². The van der Waals surface area contributed by atoms with Crippen molar-refractivity contribution in [1.82, 2.24) is 24.6 Å². The maximum absolute atomic E-state index is 13.1. The molecule has 4 heterocycles. The zero-order valence-corrected chi connectivity index (χ0v) is 23.0. The Morgan fingerprint density at radius 3 is 2.62 bits per heavy atom. The molecule has 2 aliphatic rings. The Labute approximate surface area is 234 Å². The van der Waals surface area contributed by atoms with E-state index in [1.54, 1.807) is 24.2 Å². The highest BCUT2D eigenvalue weighted by atomic mass is 16.5. The lowest BCUT2D eigenvalue weighted by atomic mass is 9.71. The summed E-state index contributed by atoms with van der Waals surface area (Å²) in [5, 5.41) is 17.4. The molecule has 2 fully saturated rings. The predicted octanol–water partition coefficient (Wildman–Crippen LogP) is 3.92. The van der Waals surface area contributed by atoms with E-state index in [-0.39, 0.29) is 5.91 Å². The minimum absolute atomic E-state index is 0.279. The van der Waals surface area contributed by atoms with E-state index in [0.717, 1.165) is 63.2 Å². The second-order valence-electron chi connectivity index (χ2n) is 10.3. The number of aromatic nitrogens is 4. The van der Waals surface area contributed by atoms with Gasteiger partial charge in [0.2, 0.25) is 0 Å². The van der Waals surface area contributed by atoms with Gasteiger partial charge in [-0.25, -0.2) is 9.67 Å². The van der Waals surface area contributed by atoms with E-state index in [1.165, 1.54) is 6.20 Å². The molecule has 3 aromatic rings. The number of carbonyl (C=O) groups is 1. The topological polar surface area (TPSA) is 118 Å². The SMILES string of the molecule is COC/C=C/c1ccc(-n2ncc(C(=O)Nc3ccc(C4(C#N)CCC(N5CCOCC5)CC4)nc3)c2C)nc1. The van der Waals surface area contributed by atoms with E-state index in [9.17, 15) is 10.1 Å². The van der Waals surface area contributed by atoms with Crippen LogP contribution in [-0.2, 0) is 14.9 Å². The normalized spacial score (nSPS) is 21.8. The van der Waals surface area contributed by atoms with Gasteiger partial charge in [0.25, 0.3) is 5.91 Å². The third-order valence-electron chi connectivity index (χ3n) is 7.91. The van der Waals surface area contributed by atoms with Crippen LogP contribution in [0.15, 0.2) is 48.9 Å². The van der Waals surface area contributed by atoms with E-state index in [2.05, 4.69) is 31.4 Å². The molecule has 5 rings (SSSR count). The molecule has 10 nitrogen and oxygen atoms in total. The van der Waals surface area contributed by atoms with Crippen LogP contribution in [0.5, 0.6) is 0 Å². The molecule has 0 aromatic carbocycles. The lowest BCUT2D eigenvalue weighted by molar-refractivity contribution is 0.00493. The highest BCUT2D eigenvalue weighted by molar-refractivity contribution is 6.04. The number of morpholine rings is 1. The van der Waals surface area contributed by atoms with E-state index < -0.39 is 5.41 Å². The van der Waals surface area contributed by atoms with Crippen LogP contribution in [0.2, 0.25) is 0 Å². The fraction of sp³-hybridized carbons (Fsp3) is 0.433. The fourth-order valence-corrected chi connectivity index (χ4v) is 5.54. The van der Waals surface area contributed by atoms with Gasteiger partial charge in [0.05, 0.1) is 66.3 Å². The molecule has 1 saturated carbocycles. The van der Waals surface area contributed by atoms with Crippen molar-refractivity contribution < 1.29 is 14.3 Å². The Morgan fingerprint density at radius 1 is 1.18 bits per heavy atom. The Balaban J connectivity index is 1.22. The van der Waals surface area contributed by atoms with Gasteiger partial charge in [-0.3, -0.25) is 14.7 Å². The molecule has 208 valence electrons. The Morgan fingerprint density at radius 2 is 1.98 bits per heavy atom. The van der Waals surface area contributed by atoms with Crippen molar-refractivity contribution >= 4 is 17.7 Å². The number of hydrogen-bond donors (Lipinski definition) is 1. The molecule has 1 aliphatic heterocycles. The number of anilines is 1. The summed E-state index contributed by atoms with van der Waals surface area (Å²) in [5.74, 6) is 0.343. The minimum Gasteiger partial charge on any atom is -0.381 e. The number of amides is 1. The molecule has 0 bridgehead atoms. The summed E-state index contributed by atoms with van der Waals surface area (Å²) >= 11 is 0. The molecule has 0 unspecified atom stereocenters. The van der Waals surface area contributed by atoms with Gasteiger partial charge in [0.15, 0.2) is 5.82 Å². The average molecular weight is 542 g/mol. The van der Waals surface area contributed by atoms with Crippen LogP contribution >= 0.6 is 0 Å². The first-order valence-corrected chi connectivity index (χ1v) is 13.7. The van der Waals surface area contributed by atoms with Gasteiger partial charge in [0.1, 0.15) is 0 Å². The number of nitriles is 1. The molecule has 1 aliphatic carbocycles. The molecule has 40 heavy (non-hydrogen) atoms. The Kier molecular flexibility index (Phi) is 8.65. The highest BCUT2D eigenvalue weighted by Gasteiger charge is 2.40. The molecule has 1 saturated heterocycles. The number of nitrogens with zero attached hydrogens (tertiary/aromatic N) is 6. The summed E-state index contributed by atoms with van der Waals surface area (Å²) in [6.07, 6.45) is 12.3. The van der Waals surface area contributed by atoms with Crippen LogP contribution in [0.1, 0.15) is 53.0 Å². The Hall–Kier alpha value is -3.91. The van der Waals surface area contributed by atoms with E-state index in [4.69, 9.17) is 9.47 Å². The zero-order valence-electron chi connectivity index (χ0n) is 23.0. The van der Waals surface area contributed by atoms with Crippen molar-refractivity contribution in [3.63, 3.8) is 0 Å². The Bertz CT molecular complexity index is 1360. The third kappa shape index (κ3) is 5.97. The maximum atomic E-state index is 13.1. The van der Waals surface area contributed by atoms with Crippen molar-refractivity contribution in [2.24, 2.45) is 0 Å². The van der Waals surface area contributed by atoms with Gasteiger partial charge in [-0.2, -0.15) is 10.4 Å². The summed E-state index contributed by atoms with van der Waals surface area (Å²) in [6.45, 7) is 5.86. The summed E-state index contributed by atoms with van der Waals surface area (Å²) in [4.78, 5) is 24.7. The first-order chi connectivity index (χ1) is 19.5. The van der Waals surface area contributed by atoms with Crippen molar-refractivity contribution in [1.29, 1.82) is 5.26 Å². The van der Waals surface area contributed by atoms with E-state index >= 15 is 0 Å². The smallest absolute Gasteiger partial charge is 0.259 e. The second kappa shape index (κ2) is 12.5. The van der Waals surface area contributed by atoms with Crippen molar-refractivity contribution in [2.45, 2.75) is 44.1 Å². The van der Waals surface area contributed by atoms with Crippen LogP contribution < -0.4 is 5.32 Å². The number of nitrogens with one attached hydrogen (secondary N) is 1. The standard InChI is InChI=1S/C30H35N7O3/c1-22-26(20-34-37(22)28-8-5-23(18-33-28)4-3-15-39-2)29(38)35-24-6-7-27(32-19-24)30(21-31)11-9-25(10-12-30)36-13-16-40-17-14-36/h3-8,18-20,25H,9-17H2,1-2H3,(H,35,38)/b4-3+. The fourth-order valence-electron chi connectivity index (χ4n) is 5.54. The molecular formula is C30H35N7O3. The van der Waals surface area contributed by atoms with Crippen LogP contribution in [0.4, 0.5) is 5.69 Å². The summed E-state index contributed by atoms with van der Waals surface area (Å²) < 4.78 is 12.2. The lowest BCUT2D eigenvalue weighted by Gasteiger charge is -2.41. The molecule has 10 heteroatoms. The number of methoxy groups -OCH3 is 1. The highest BCUT2D eigenvalue weighted by Crippen LogP contribution is 2.40. The third-order valence-corrected chi connectivity index (χ3v) is 7.91. The van der Waals surface area contributed by atoms with Crippen LogP contribution in [-0.4, -0.2) is 76.6 Å². The summed E-state index contributed by atoms with van der Waals surface area (Å²) in [7, 11) is 1.65. The molecule has 0 spiro atoms. The van der Waals surface area contributed by atoms with Crippen molar-refractivity contribution in [3.8, 4) is 11.9 Å². The monoisotopic (exact) mass is 541 g/mol. The van der Waals surface area contributed by atoms with E-state index in [1.807, 2.05) is 43.3 Å². The number of ether oxygens (including phenoxy) is 2. The van der Waals surface area contributed by atoms with Crippen LogP contribution in [0.25, 0.3) is 11.9 Å². The van der Waals surface area contributed by atoms with Crippen LogP contribution in [0, 0.1) is 18.3 Å². The zero-order chi connectivity index (χ0) is 28.0. The number of carbonyl (C=O) groups excluding carboxylic acids is 1. The average Bonchev–Trinajstić information content (AvgIpc) is 3.39. The van der Waals surface area contributed by atoms with E-state index in [0.29, 0.717) is 35.4 Å². The largest absolute Gasteiger partial charge is 0.381 e. The van der Waals surface area contributed by atoms with Gasteiger partial charge in [-0.1, -0.05) is 12.2 Å². The number of hydrogen-bond acceptors (Lipinski definition) is 8. The maximum Gasteiger partial charge on any atom is 0.259 e. The minimum atomic E-state index is -0.592. The lowest BCUT2D eigenvalue weighted by Crippen LogP contribution is -2.47. The van der Waals surface area contributed by atoms with Gasteiger partial charge >= 0.3 is 0 Å². The quantitative estimate of drug-likeness (QED) is 0.456. The molecule has 1 amide bonds.